The lowest BCUT2D eigenvalue weighted by Gasteiger charge is -2.17. The first kappa shape index (κ1) is 29.6. The number of nitrogens with zero attached hydrogens (tertiary/aromatic N) is 2. The zero-order valence-corrected chi connectivity index (χ0v) is 22.8. The van der Waals surface area contributed by atoms with Gasteiger partial charge in [-0.1, -0.05) is 50.5 Å². The molecule has 0 aliphatic carbocycles. The monoisotopic (exact) mass is 474 g/mol. The fourth-order valence-corrected chi connectivity index (χ4v) is 3.68. The van der Waals surface area contributed by atoms with Crippen molar-refractivity contribution in [3.8, 4) is 0 Å². The molecule has 0 aromatic rings. The molecule has 35 heavy (non-hydrogen) atoms. The molecule has 0 unspecified atom stereocenters. The number of aliphatic imine (C=N–C) groups is 1. The highest BCUT2D eigenvalue weighted by atomic mass is 16.5. The second kappa shape index (κ2) is 16.3. The van der Waals surface area contributed by atoms with Gasteiger partial charge in [0, 0.05) is 24.8 Å². The summed E-state index contributed by atoms with van der Waals surface area (Å²) in [5.74, 6) is 1.74. The summed E-state index contributed by atoms with van der Waals surface area (Å²) in [4.78, 5) is 4.61. The quantitative estimate of drug-likeness (QED) is 0.135. The van der Waals surface area contributed by atoms with Crippen LogP contribution in [0.2, 0.25) is 0 Å². The third kappa shape index (κ3) is 10.2. The van der Waals surface area contributed by atoms with Gasteiger partial charge in [0.25, 0.3) is 0 Å². The van der Waals surface area contributed by atoms with Crippen LogP contribution in [0.4, 0.5) is 0 Å². The van der Waals surface area contributed by atoms with Crippen molar-refractivity contribution in [1.29, 1.82) is 0 Å². The zero-order valence-electron chi connectivity index (χ0n) is 22.8. The molecule has 0 fully saturated rings. The predicted molar refractivity (Wildman–Crippen MR) is 154 cm³/mol. The zero-order chi connectivity index (χ0) is 26.2. The van der Waals surface area contributed by atoms with E-state index in [4.69, 9.17) is 4.74 Å². The van der Waals surface area contributed by atoms with Crippen molar-refractivity contribution in [2.24, 2.45) is 4.99 Å². The molecule has 4 nitrogen and oxygen atoms in total. The Morgan fingerprint density at radius 1 is 1.14 bits per heavy atom. The van der Waals surface area contributed by atoms with E-state index >= 15 is 0 Å². The lowest BCUT2D eigenvalue weighted by atomic mass is 9.96. The van der Waals surface area contributed by atoms with Crippen molar-refractivity contribution in [2.75, 3.05) is 27.2 Å². The topological polar surface area (TPSA) is 36.6 Å². The lowest BCUT2D eigenvalue weighted by Crippen LogP contribution is -2.24. The number of rotatable bonds is 13. The summed E-state index contributed by atoms with van der Waals surface area (Å²) >= 11 is 0. The summed E-state index contributed by atoms with van der Waals surface area (Å²) < 4.78 is 7.84. The smallest absolute Gasteiger partial charge is 0.170 e. The molecule has 0 saturated heterocycles. The number of allylic oxidation sites excluding steroid dienone is 13. The number of ether oxygens (including phenoxy) is 1. The van der Waals surface area contributed by atoms with Gasteiger partial charge in [-0.05, 0) is 80.2 Å². The molecule has 0 aromatic heterocycles. The Labute approximate surface area is 213 Å². The van der Waals surface area contributed by atoms with Gasteiger partial charge in [-0.3, -0.25) is 0 Å². The molecule has 4 heteroatoms. The molecular formula is C31H44N3O+. The Morgan fingerprint density at radius 2 is 1.89 bits per heavy atom. The van der Waals surface area contributed by atoms with Crippen LogP contribution in [-0.2, 0) is 4.74 Å². The lowest BCUT2D eigenvalue weighted by molar-refractivity contribution is -0.492. The Bertz CT molecular complexity index is 1040. The van der Waals surface area contributed by atoms with Crippen LogP contribution in [0.5, 0.6) is 0 Å². The second-order valence-corrected chi connectivity index (χ2v) is 8.47. The molecule has 0 aromatic carbocycles. The highest BCUT2D eigenvalue weighted by molar-refractivity contribution is 5.83. The molecular weight excluding hydrogens is 430 g/mol. The van der Waals surface area contributed by atoms with E-state index in [9.17, 15) is 0 Å². The van der Waals surface area contributed by atoms with Gasteiger partial charge in [-0.2, -0.15) is 0 Å². The van der Waals surface area contributed by atoms with E-state index in [-0.39, 0.29) is 0 Å². The van der Waals surface area contributed by atoms with Crippen LogP contribution in [-0.4, -0.2) is 44.3 Å². The average molecular weight is 475 g/mol. The first-order valence-electron chi connectivity index (χ1n) is 12.2. The van der Waals surface area contributed by atoms with Crippen LogP contribution >= 0.6 is 0 Å². The van der Waals surface area contributed by atoms with E-state index in [1.165, 1.54) is 16.7 Å². The molecule has 188 valence electrons. The molecule has 1 heterocycles. The predicted octanol–water partition coefficient (Wildman–Crippen LogP) is 7.00. The Balaban J connectivity index is 3.10. The largest absolute Gasteiger partial charge is 0.497 e. The third-order valence-corrected chi connectivity index (χ3v) is 5.79. The molecule has 1 aliphatic heterocycles. The summed E-state index contributed by atoms with van der Waals surface area (Å²) in [7, 11) is 3.84. The molecule has 1 aliphatic rings. The molecule has 0 atom stereocenters. The summed E-state index contributed by atoms with van der Waals surface area (Å²) in [6.07, 6.45) is 21.9. The van der Waals surface area contributed by atoms with E-state index in [0.717, 1.165) is 54.2 Å². The highest BCUT2D eigenvalue weighted by Gasteiger charge is 2.17. The van der Waals surface area contributed by atoms with E-state index in [1.807, 2.05) is 44.4 Å². The summed E-state index contributed by atoms with van der Waals surface area (Å²) in [6, 6.07) is 0. The Hall–Kier alpha value is -3.40. The van der Waals surface area contributed by atoms with Gasteiger partial charge < -0.3 is 10.1 Å². The highest BCUT2D eigenvalue weighted by Crippen LogP contribution is 2.20. The molecule has 0 amide bonds. The van der Waals surface area contributed by atoms with Crippen LogP contribution < -0.4 is 5.32 Å². The number of methoxy groups -OCH3 is 1. The number of hydrogen-bond acceptors (Lipinski definition) is 3. The molecule has 0 bridgehead atoms. The minimum absolute atomic E-state index is 0.744. The first-order valence-corrected chi connectivity index (χ1v) is 12.2. The van der Waals surface area contributed by atoms with Crippen molar-refractivity contribution in [3.05, 3.63) is 107 Å². The maximum absolute atomic E-state index is 5.59. The Morgan fingerprint density at radius 3 is 2.49 bits per heavy atom. The SMILES string of the molecule is C=C/C=C(C=C)/C(C)=C/C=N\C(=C\C)NCC1=C(/C(C)=C/C=C(OC)\C(C)=C\CC)C=[N+](C)CC1. The van der Waals surface area contributed by atoms with Crippen LogP contribution in [0, 0.1) is 0 Å². The maximum atomic E-state index is 5.59. The van der Waals surface area contributed by atoms with Crippen molar-refractivity contribution < 1.29 is 9.31 Å². The summed E-state index contributed by atoms with van der Waals surface area (Å²) in [5, 5.41) is 3.50. The van der Waals surface area contributed by atoms with E-state index in [0.29, 0.717) is 0 Å². The minimum atomic E-state index is 0.744. The summed E-state index contributed by atoms with van der Waals surface area (Å²) in [6.45, 7) is 19.8. The van der Waals surface area contributed by atoms with Gasteiger partial charge >= 0.3 is 0 Å². The maximum Gasteiger partial charge on any atom is 0.170 e. The van der Waals surface area contributed by atoms with Crippen molar-refractivity contribution in [2.45, 2.75) is 47.5 Å². The molecule has 1 rings (SSSR count). The summed E-state index contributed by atoms with van der Waals surface area (Å²) in [5.41, 5.74) is 7.11. The third-order valence-electron chi connectivity index (χ3n) is 5.79. The van der Waals surface area contributed by atoms with Crippen molar-refractivity contribution in [3.63, 3.8) is 0 Å². The van der Waals surface area contributed by atoms with Crippen LogP contribution in [0.25, 0.3) is 0 Å². The van der Waals surface area contributed by atoms with Crippen LogP contribution in [0.1, 0.15) is 47.5 Å². The average Bonchev–Trinajstić information content (AvgIpc) is 2.85. The van der Waals surface area contributed by atoms with Crippen LogP contribution in [0.3, 0.4) is 0 Å². The van der Waals surface area contributed by atoms with Gasteiger partial charge in [0.2, 0.25) is 0 Å². The van der Waals surface area contributed by atoms with Gasteiger partial charge in [0.15, 0.2) is 6.21 Å². The Kier molecular flexibility index (Phi) is 13.8. The fraction of sp³-hybridized carbons (Fsp3) is 0.355. The van der Waals surface area contributed by atoms with Crippen LogP contribution in [0.15, 0.2) is 112 Å². The van der Waals surface area contributed by atoms with E-state index in [2.05, 4.69) is 80.3 Å². The van der Waals surface area contributed by atoms with Gasteiger partial charge in [0.05, 0.1) is 7.11 Å². The number of hydrogen-bond donors (Lipinski definition) is 1. The molecule has 0 spiro atoms. The van der Waals surface area contributed by atoms with E-state index < -0.39 is 0 Å². The second-order valence-electron chi connectivity index (χ2n) is 8.47. The molecule has 1 N–H and O–H groups in total. The number of nitrogens with one attached hydrogen (secondary N) is 1. The normalized spacial score (nSPS) is 17.1. The van der Waals surface area contributed by atoms with Crippen molar-refractivity contribution >= 4 is 12.4 Å². The molecule has 0 radical (unpaired) electrons. The molecule has 0 saturated carbocycles. The first-order chi connectivity index (χ1) is 16.8. The standard InChI is InChI=1S/C31H44N3O/c1-10-14-26(7)30(35-9)17-16-25(6)29-23-34(8)21-19-28(29)22-33-31(13-4)32-20-18-24(5)27(12-3)15-11-2/h11-18,20,23,33H,2-3,10,19,21-22H2,1,4-9H3/q+1/b24-18+,25-16+,26-14+,27-15+,30-17+,31-13-,32-20-. The van der Waals surface area contributed by atoms with E-state index in [1.54, 1.807) is 13.2 Å². The van der Waals surface area contributed by atoms with Gasteiger partial charge in [-0.25, -0.2) is 9.57 Å². The van der Waals surface area contributed by atoms with Crippen molar-refractivity contribution in [1.82, 2.24) is 5.32 Å². The van der Waals surface area contributed by atoms with Gasteiger partial charge in [-0.15, -0.1) is 0 Å². The van der Waals surface area contributed by atoms with Gasteiger partial charge in [0.1, 0.15) is 25.2 Å². The minimum Gasteiger partial charge on any atom is -0.497 e. The fourth-order valence-electron chi connectivity index (χ4n) is 3.68.